The zero-order chi connectivity index (χ0) is 56.3. The van der Waals surface area contributed by atoms with Gasteiger partial charge >= 0.3 is 11.7 Å². The van der Waals surface area contributed by atoms with Crippen LogP contribution in [0, 0.1) is 116 Å². The van der Waals surface area contributed by atoms with E-state index in [1.54, 1.807) is 29.1 Å². The fourth-order valence-corrected chi connectivity index (χ4v) is 8.67. The molecule has 0 amide bonds. The monoisotopic (exact) mass is 1100 g/mol. The molecule has 9 rings (SSSR count). The Morgan fingerprint density at radius 3 is 1.08 bits per heavy atom. The number of halogens is 20. The normalized spacial score (nSPS) is 11.5. The number of ketones is 1. The Kier molecular flexibility index (Phi) is 14.6. The van der Waals surface area contributed by atoms with E-state index in [4.69, 9.17) is 4.74 Å². The van der Waals surface area contributed by atoms with Crippen molar-refractivity contribution in [2.24, 2.45) is 0 Å². The zero-order valence-corrected chi connectivity index (χ0v) is 37.3. The number of nitrogens with zero attached hydrogens (tertiary/aromatic N) is 2. The number of rotatable bonds is 9. The van der Waals surface area contributed by atoms with Crippen molar-refractivity contribution in [2.75, 3.05) is 0 Å². The van der Waals surface area contributed by atoms with Gasteiger partial charge in [0.1, 0.15) is 64.6 Å². The molecule has 1 aromatic heterocycles. The lowest BCUT2D eigenvalue weighted by molar-refractivity contribution is -0.686. The SMILES string of the molecule is Fc1c(F)c(F)c([B-](c2c(F)c(F)c(F)c(F)c2F)(c2c(F)c(F)c(F)c(F)c2F)c2c(F)c(F)c(F)c(F)c2F)c(F)c1F.O=C(C[n+]1ccncc1C(=O)Oc1c2ccccc2cc2ccccc12)c1ccccc1. The van der Waals surface area contributed by atoms with Gasteiger partial charge in [-0.3, -0.25) is 9.78 Å². The fourth-order valence-electron chi connectivity index (χ4n) is 8.67. The van der Waals surface area contributed by atoms with Gasteiger partial charge in [0.05, 0.1) is 6.20 Å². The number of carbonyl (C=O) groups excluding carboxylic acids is 2. The lowest BCUT2D eigenvalue weighted by Crippen LogP contribution is -2.81. The minimum Gasteiger partial charge on any atom is -0.417 e. The van der Waals surface area contributed by atoms with Crippen LogP contribution in [0.15, 0.2) is 104 Å². The molecule has 0 unspecified atom stereocenters. The largest absolute Gasteiger partial charge is 0.417 e. The van der Waals surface area contributed by atoms with E-state index in [2.05, 4.69) is 11.1 Å². The molecule has 5 nitrogen and oxygen atoms in total. The summed E-state index contributed by atoms with van der Waals surface area (Å²) in [5, 5.41) is 3.64. The highest BCUT2D eigenvalue weighted by Crippen LogP contribution is 2.36. The van der Waals surface area contributed by atoms with Crippen LogP contribution in [0.1, 0.15) is 20.8 Å². The van der Waals surface area contributed by atoms with Crippen molar-refractivity contribution in [3.63, 3.8) is 0 Å². The second-order valence-electron chi connectivity index (χ2n) is 16.2. The molecule has 394 valence electrons. The summed E-state index contributed by atoms with van der Waals surface area (Å²) in [6.45, 7) is 0.00719. The number of benzene rings is 8. The van der Waals surface area contributed by atoms with E-state index in [1.807, 2.05) is 66.7 Å². The Bertz CT molecular complexity index is 3510. The van der Waals surface area contributed by atoms with Crippen LogP contribution in [0.4, 0.5) is 87.8 Å². The molecule has 0 aliphatic rings. The number of aromatic nitrogens is 2. The maximum atomic E-state index is 15.4. The summed E-state index contributed by atoms with van der Waals surface area (Å²) in [4.78, 5) is 30.0. The van der Waals surface area contributed by atoms with Gasteiger partial charge in [0.15, 0.2) is 76.0 Å². The van der Waals surface area contributed by atoms with Gasteiger partial charge in [-0.2, -0.15) is 4.57 Å². The van der Waals surface area contributed by atoms with E-state index >= 15 is 35.1 Å². The zero-order valence-electron chi connectivity index (χ0n) is 37.3. The van der Waals surface area contributed by atoms with E-state index < -0.39 is 150 Å². The predicted molar refractivity (Wildman–Crippen MR) is 231 cm³/mol. The molecule has 0 saturated carbocycles. The molecule has 8 aromatic carbocycles. The third-order valence-electron chi connectivity index (χ3n) is 12.1. The molecular weight excluding hydrogens is 1080 g/mol. The van der Waals surface area contributed by atoms with Crippen LogP contribution >= 0.6 is 0 Å². The van der Waals surface area contributed by atoms with E-state index in [-0.39, 0.29) is 18.0 Å². The molecule has 0 aliphatic carbocycles. The van der Waals surface area contributed by atoms with Gasteiger partial charge in [-0.15, -0.1) is 21.9 Å². The number of hydrogen-bond donors (Lipinski definition) is 0. The van der Waals surface area contributed by atoms with Gasteiger partial charge in [-0.25, -0.2) is 92.6 Å². The summed E-state index contributed by atoms with van der Waals surface area (Å²) in [5.41, 5.74) is -13.5. The van der Waals surface area contributed by atoms with Crippen LogP contribution in [-0.4, -0.2) is 22.9 Å². The van der Waals surface area contributed by atoms with Crippen molar-refractivity contribution in [2.45, 2.75) is 6.54 Å². The lowest BCUT2D eigenvalue weighted by Gasteiger charge is -2.44. The third-order valence-corrected chi connectivity index (χ3v) is 12.1. The Morgan fingerprint density at radius 1 is 0.416 bits per heavy atom. The Morgan fingerprint density at radius 2 is 0.727 bits per heavy atom. The molecule has 0 fully saturated rings. The maximum absolute atomic E-state index is 15.4. The van der Waals surface area contributed by atoms with Crippen molar-refractivity contribution in [3.8, 4) is 5.75 Å². The van der Waals surface area contributed by atoms with Gasteiger partial charge in [0.2, 0.25) is 12.3 Å². The summed E-state index contributed by atoms with van der Waals surface area (Å²) >= 11 is 0. The number of Topliss-reactive ketones (excluding diaryl/α,β-unsaturated/α-hetero) is 1. The Hall–Kier alpha value is -8.84. The van der Waals surface area contributed by atoms with Crippen LogP contribution in [0.25, 0.3) is 21.5 Å². The molecule has 0 spiro atoms. The fraction of sp³-hybridized carbons (Fsp3) is 0.0196. The lowest BCUT2D eigenvalue weighted by atomic mass is 9.12. The highest BCUT2D eigenvalue weighted by molar-refractivity contribution is 7.20. The first kappa shape index (κ1) is 54.4. The van der Waals surface area contributed by atoms with E-state index in [1.165, 1.54) is 6.20 Å². The third kappa shape index (κ3) is 8.79. The average Bonchev–Trinajstić information content (AvgIpc) is 3.59. The van der Waals surface area contributed by atoms with E-state index in [0.29, 0.717) is 11.3 Å². The first-order valence-corrected chi connectivity index (χ1v) is 21.2. The quantitative estimate of drug-likeness (QED) is 0.0166. The van der Waals surface area contributed by atoms with Crippen LogP contribution in [0.3, 0.4) is 0 Å². The molecule has 0 N–H and O–H groups in total. The van der Waals surface area contributed by atoms with Crippen molar-refractivity contribution >= 4 is 61.3 Å². The maximum Gasteiger partial charge on any atom is 0.410 e. The number of carbonyl (C=O) groups is 2. The average molecular weight is 1100 g/mol. The molecule has 0 aliphatic heterocycles. The van der Waals surface area contributed by atoms with Gasteiger partial charge in [-0.1, -0.05) is 78.9 Å². The second kappa shape index (κ2) is 20.7. The standard InChI is InChI=1S/C27H19N2O3.C24BF20/c30-25(19-8-2-1-3-9-19)18-29-15-14-28-17-24(29)27(31)32-26-22-12-6-4-10-20(22)16-21-11-5-7-13-23(21)26;26-5-1(6(27)14(35)21(42)13(5)34)25(2-7(28)15(36)22(43)16(37)8(2)29,3-9(30)17(38)23(44)18(39)10(3)31)4-11(32)19(40)24(45)20(41)12(4)33/h1-17H,18H2;/q+1;-1. The first-order valence-electron chi connectivity index (χ1n) is 21.2. The highest BCUT2D eigenvalue weighted by atomic mass is 19.2. The number of ether oxygens (including phenoxy) is 1. The summed E-state index contributed by atoms with van der Waals surface area (Å²) in [7, 11) is 0. The Balaban J connectivity index is 0.000000215. The summed E-state index contributed by atoms with van der Waals surface area (Å²) in [5.74, 6) is -71.6. The number of fused-ring (bicyclic) bond motifs is 2. The summed E-state index contributed by atoms with van der Waals surface area (Å²) in [6, 6.07) is 26.6. The van der Waals surface area contributed by atoms with Gasteiger partial charge in [-0.05, 0) is 16.8 Å². The molecule has 0 radical (unpaired) electrons. The van der Waals surface area contributed by atoms with E-state index in [0.717, 1.165) is 21.5 Å². The van der Waals surface area contributed by atoms with Crippen molar-refractivity contribution < 1.29 is 107 Å². The summed E-state index contributed by atoms with van der Waals surface area (Å²) in [6.07, 6.45) is -2.64. The molecule has 77 heavy (non-hydrogen) atoms. The van der Waals surface area contributed by atoms with Crippen molar-refractivity contribution in [3.05, 3.63) is 231 Å². The summed E-state index contributed by atoms with van der Waals surface area (Å²) < 4.78 is 301. The smallest absolute Gasteiger partial charge is 0.410 e. The minimum absolute atomic E-state index is 0.00719. The topological polar surface area (TPSA) is 60.1 Å². The van der Waals surface area contributed by atoms with E-state index in [9.17, 15) is 62.3 Å². The van der Waals surface area contributed by atoms with Crippen LogP contribution < -0.4 is 31.2 Å². The van der Waals surface area contributed by atoms with Gasteiger partial charge < -0.3 is 4.74 Å². The molecular formula is C51H19BF20N2O3. The first-order chi connectivity index (χ1) is 36.4. The van der Waals surface area contributed by atoms with Gasteiger partial charge in [0, 0.05) is 16.3 Å². The van der Waals surface area contributed by atoms with Crippen molar-refractivity contribution in [1.82, 2.24) is 4.98 Å². The van der Waals surface area contributed by atoms with Crippen molar-refractivity contribution in [1.29, 1.82) is 0 Å². The van der Waals surface area contributed by atoms with Crippen LogP contribution in [0.2, 0.25) is 0 Å². The molecule has 1 heterocycles. The number of hydrogen-bond acceptors (Lipinski definition) is 4. The Labute approximate surface area is 415 Å². The molecule has 9 aromatic rings. The minimum atomic E-state index is -7.22. The predicted octanol–water partition coefficient (Wildman–Crippen LogP) is 10.6. The molecule has 26 heteroatoms. The molecule has 0 saturated heterocycles. The molecule has 0 atom stereocenters. The molecule has 0 bridgehead atoms. The number of esters is 1. The second-order valence-corrected chi connectivity index (χ2v) is 16.2. The van der Waals surface area contributed by atoms with Crippen LogP contribution in [-0.2, 0) is 6.54 Å². The highest BCUT2D eigenvalue weighted by Gasteiger charge is 2.52. The van der Waals surface area contributed by atoms with Gasteiger partial charge in [0.25, 0.3) is 0 Å². The van der Waals surface area contributed by atoms with Crippen LogP contribution in [0.5, 0.6) is 5.75 Å².